The average molecular weight is 267 g/mol. The van der Waals surface area contributed by atoms with Crippen molar-refractivity contribution in [2.75, 3.05) is 17.7 Å². The van der Waals surface area contributed by atoms with E-state index >= 15 is 0 Å². The van der Waals surface area contributed by atoms with E-state index in [2.05, 4.69) is 10.3 Å². The average Bonchev–Trinajstić information content (AvgIpc) is 2.90. The molecule has 1 aromatic carbocycles. The highest BCUT2D eigenvalue weighted by molar-refractivity contribution is 6.19. The standard InChI is InChI=1S/C12H11ClN2O3/c13-2-5-3-14-7-1-8(16)11-10(9(5)7)6(4-15-11)12(17)18/h1,4-5,14-16H,2-3H2,(H,17,18). The number of benzene rings is 1. The van der Waals surface area contributed by atoms with Crippen LogP contribution in [0.1, 0.15) is 21.8 Å². The minimum atomic E-state index is -1.02. The van der Waals surface area contributed by atoms with Gasteiger partial charge in [0.15, 0.2) is 0 Å². The maximum absolute atomic E-state index is 11.2. The minimum absolute atomic E-state index is 0.0407. The summed E-state index contributed by atoms with van der Waals surface area (Å²) in [4.78, 5) is 14.0. The quantitative estimate of drug-likeness (QED) is 0.629. The maximum atomic E-state index is 11.2. The van der Waals surface area contributed by atoms with Gasteiger partial charge < -0.3 is 20.5 Å². The molecule has 0 bridgehead atoms. The SMILES string of the molecule is O=C(O)c1c[nH]c2c(O)cc3c(c12)C(CCl)CN3. The van der Waals surface area contributed by atoms with Crippen molar-refractivity contribution >= 4 is 34.2 Å². The Morgan fingerprint density at radius 1 is 1.56 bits per heavy atom. The van der Waals surface area contributed by atoms with Gasteiger partial charge >= 0.3 is 5.97 Å². The number of fused-ring (bicyclic) bond motifs is 3. The Balaban J connectivity index is 2.40. The van der Waals surface area contributed by atoms with Gasteiger partial charge in [0.2, 0.25) is 0 Å². The molecule has 94 valence electrons. The van der Waals surface area contributed by atoms with Crippen molar-refractivity contribution in [1.82, 2.24) is 4.98 Å². The Morgan fingerprint density at radius 2 is 2.33 bits per heavy atom. The number of aromatic carboxylic acids is 1. The van der Waals surface area contributed by atoms with E-state index in [1.165, 1.54) is 6.20 Å². The molecule has 0 amide bonds. The molecule has 0 saturated heterocycles. The van der Waals surface area contributed by atoms with Crippen molar-refractivity contribution in [3.8, 4) is 5.75 Å². The summed E-state index contributed by atoms with van der Waals surface area (Å²) in [5.74, 6) is -0.517. The number of carboxylic acids is 1. The molecule has 0 radical (unpaired) electrons. The van der Waals surface area contributed by atoms with Crippen LogP contribution < -0.4 is 5.32 Å². The summed E-state index contributed by atoms with van der Waals surface area (Å²) in [6, 6.07) is 1.60. The number of carbonyl (C=O) groups is 1. The van der Waals surface area contributed by atoms with Crippen molar-refractivity contribution in [1.29, 1.82) is 0 Å². The van der Waals surface area contributed by atoms with Gasteiger partial charge in [0.1, 0.15) is 5.75 Å². The molecule has 1 unspecified atom stereocenters. The van der Waals surface area contributed by atoms with Gasteiger partial charge in [-0.1, -0.05) is 0 Å². The molecule has 1 aliphatic rings. The van der Waals surface area contributed by atoms with E-state index in [0.717, 1.165) is 11.3 Å². The Bertz CT molecular complexity index is 650. The van der Waals surface area contributed by atoms with Crippen molar-refractivity contribution in [2.24, 2.45) is 0 Å². The van der Waals surface area contributed by atoms with E-state index in [9.17, 15) is 15.0 Å². The number of hydrogen-bond acceptors (Lipinski definition) is 3. The number of rotatable bonds is 2. The van der Waals surface area contributed by atoms with E-state index < -0.39 is 5.97 Å². The first kappa shape index (κ1) is 11.2. The number of aromatic hydroxyl groups is 1. The van der Waals surface area contributed by atoms with Crippen LogP contribution in [0.4, 0.5) is 5.69 Å². The summed E-state index contributed by atoms with van der Waals surface area (Å²) in [6.07, 6.45) is 1.40. The number of nitrogens with one attached hydrogen (secondary N) is 2. The Hall–Kier alpha value is -1.88. The zero-order valence-corrected chi connectivity index (χ0v) is 10.1. The summed E-state index contributed by atoms with van der Waals surface area (Å²) < 4.78 is 0. The van der Waals surface area contributed by atoms with Crippen molar-refractivity contribution in [3.63, 3.8) is 0 Å². The van der Waals surface area contributed by atoms with Crippen LogP contribution in [0, 0.1) is 0 Å². The van der Waals surface area contributed by atoms with E-state index in [4.69, 9.17) is 11.6 Å². The summed E-state index contributed by atoms with van der Waals surface area (Å²) in [7, 11) is 0. The number of alkyl halides is 1. The lowest BCUT2D eigenvalue weighted by atomic mass is 9.96. The van der Waals surface area contributed by atoms with Gasteiger partial charge in [-0.15, -0.1) is 11.6 Å². The lowest BCUT2D eigenvalue weighted by Crippen LogP contribution is -2.04. The van der Waals surface area contributed by atoms with E-state index in [-0.39, 0.29) is 17.2 Å². The second-order valence-electron chi connectivity index (χ2n) is 4.35. The topological polar surface area (TPSA) is 85.3 Å². The third-order valence-electron chi connectivity index (χ3n) is 3.34. The van der Waals surface area contributed by atoms with E-state index in [1.807, 2.05) is 0 Å². The molecule has 5 nitrogen and oxygen atoms in total. The highest BCUT2D eigenvalue weighted by Crippen LogP contribution is 2.43. The van der Waals surface area contributed by atoms with Crippen molar-refractivity contribution in [2.45, 2.75) is 5.92 Å². The Kier molecular flexibility index (Phi) is 2.38. The lowest BCUT2D eigenvalue weighted by molar-refractivity contribution is 0.0699. The number of phenols is 1. The predicted molar refractivity (Wildman–Crippen MR) is 68.9 cm³/mol. The monoisotopic (exact) mass is 266 g/mol. The van der Waals surface area contributed by atoms with Gasteiger partial charge in [-0.2, -0.15) is 0 Å². The second-order valence-corrected chi connectivity index (χ2v) is 4.66. The lowest BCUT2D eigenvalue weighted by Gasteiger charge is -2.09. The highest BCUT2D eigenvalue weighted by Gasteiger charge is 2.28. The number of halogens is 1. The fourth-order valence-electron chi connectivity index (χ4n) is 2.53. The summed E-state index contributed by atoms with van der Waals surface area (Å²) in [5.41, 5.74) is 2.24. The Morgan fingerprint density at radius 3 is 3.00 bits per heavy atom. The first-order valence-corrected chi connectivity index (χ1v) is 6.07. The van der Waals surface area contributed by atoms with Crippen LogP contribution in [-0.2, 0) is 0 Å². The van der Waals surface area contributed by atoms with E-state index in [1.54, 1.807) is 6.07 Å². The van der Waals surface area contributed by atoms with Crippen LogP contribution in [0.5, 0.6) is 5.75 Å². The van der Waals surface area contributed by atoms with Crippen LogP contribution >= 0.6 is 11.6 Å². The van der Waals surface area contributed by atoms with Crippen LogP contribution in [0.3, 0.4) is 0 Å². The van der Waals surface area contributed by atoms with Gasteiger partial charge in [-0.05, 0) is 5.56 Å². The molecular formula is C12H11ClN2O3. The molecule has 3 rings (SSSR count). The highest BCUT2D eigenvalue weighted by atomic mass is 35.5. The molecular weight excluding hydrogens is 256 g/mol. The molecule has 2 heterocycles. The second kappa shape index (κ2) is 3.81. The zero-order valence-electron chi connectivity index (χ0n) is 9.33. The number of H-pyrrole nitrogens is 1. The summed E-state index contributed by atoms with van der Waals surface area (Å²) >= 11 is 5.91. The largest absolute Gasteiger partial charge is 0.506 e. The number of phenolic OH excluding ortho intramolecular Hbond substituents is 1. The first-order valence-electron chi connectivity index (χ1n) is 5.53. The smallest absolute Gasteiger partial charge is 0.337 e. The number of aromatic nitrogens is 1. The molecule has 0 spiro atoms. The first-order chi connectivity index (χ1) is 8.63. The zero-order chi connectivity index (χ0) is 12.9. The van der Waals surface area contributed by atoms with Crippen LogP contribution in [0.15, 0.2) is 12.3 Å². The maximum Gasteiger partial charge on any atom is 0.337 e. The molecule has 0 saturated carbocycles. The Labute approximate surface area is 107 Å². The van der Waals surface area contributed by atoms with Gasteiger partial charge in [-0.25, -0.2) is 4.79 Å². The van der Waals surface area contributed by atoms with Crippen molar-refractivity contribution in [3.05, 3.63) is 23.4 Å². The number of anilines is 1. The third-order valence-corrected chi connectivity index (χ3v) is 3.71. The van der Waals surface area contributed by atoms with Crippen molar-refractivity contribution < 1.29 is 15.0 Å². The fourth-order valence-corrected chi connectivity index (χ4v) is 2.80. The molecule has 4 N–H and O–H groups in total. The molecule has 6 heteroatoms. The van der Waals surface area contributed by atoms with Crippen LogP contribution in [-0.4, -0.2) is 33.6 Å². The summed E-state index contributed by atoms with van der Waals surface area (Å²) in [5, 5.41) is 22.8. The number of hydrogen-bond donors (Lipinski definition) is 4. The summed E-state index contributed by atoms with van der Waals surface area (Å²) in [6.45, 7) is 0.654. The molecule has 2 aromatic rings. The molecule has 18 heavy (non-hydrogen) atoms. The predicted octanol–water partition coefficient (Wildman–Crippen LogP) is 2.32. The molecule has 1 atom stereocenters. The molecule has 1 aliphatic heterocycles. The molecule has 1 aromatic heterocycles. The molecule has 0 fully saturated rings. The normalized spacial score (nSPS) is 17.7. The minimum Gasteiger partial charge on any atom is -0.506 e. The van der Waals surface area contributed by atoms with Gasteiger partial charge in [-0.3, -0.25) is 0 Å². The van der Waals surface area contributed by atoms with Gasteiger partial charge in [0, 0.05) is 41.7 Å². The van der Waals surface area contributed by atoms with Gasteiger partial charge in [0.05, 0.1) is 11.1 Å². The number of aromatic amines is 1. The third kappa shape index (κ3) is 1.37. The van der Waals surface area contributed by atoms with Gasteiger partial charge in [0.25, 0.3) is 0 Å². The molecule has 0 aliphatic carbocycles. The van der Waals surface area contributed by atoms with Crippen LogP contribution in [0.2, 0.25) is 0 Å². The number of carboxylic acid groups (broad SMARTS) is 1. The van der Waals surface area contributed by atoms with E-state index in [0.29, 0.717) is 23.3 Å². The fraction of sp³-hybridized carbons (Fsp3) is 0.250. The van der Waals surface area contributed by atoms with Crippen LogP contribution in [0.25, 0.3) is 10.9 Å².